The lowest BCUT2D eigenvalue weighted by Crippen LogP contribution is -2.33. The molecule has 1 saturated heterocycles. The molecule has 14 heavy (non-hydrogen) atoms. The van der Waals surface area contributed by atoms with Gasteiger partial charge in [0.15, 0.2) is 0 Å². The van der Waals surface area contributed by atoms with Crippen LogP contribution in [0, 0.1) is 5.92 Å². The lowest BCUT2D eigenvalue weighted by Gasteiger charge is -2.27. The molecule has 0 unspecified atom stereocenters. The van der Waals surface area contributed by atoms with Gasteiger partial charge in [-0.3, -0.25) is 0 Å². The number of halogens is 1. The monoisotopic (exact) mass is 232 g/mol. The topological polar surface area (TPSA) is 38.0 Å². The zero-order valence-electron chi connectivity index (χ0n) is 8.11. The van der Waals surface area contributed by atoms with Gasteiger partial charge in [-0.25, -0.2) is 0 Å². The fourth-order valence-corrected chi connectivity index (χ4v) is 2.65. The summed E-state index contributed by atoms with van der Waals surface area (Å²) in [6.07, 6.45) is 2.44. The fraction of sp³-hybridized carbons (Fsp3) is 0.600. The Balaban J connectivity index is 0.000000980. The molecule has 0 amide bonds. The summed E-state index contributed by atoms with van der Waals surface area (Å²) in [5, 5.41) is 7.64. The Kier molecular flexibility index (Phi) is 4.89. The summed E-state index contributed by atoms with van der Waals surface area (Å²) in [6.45, 7) is 2.25. The molecule has 2 nitrogen and oxygen atoms in total. The van der Waals surface area contributed by atoms with Gasteiger partial charge in [0, 0.05) is 6.04 Å². The lowest BCUT2D eigenvalue weighted by molar-refractivity contribution is 0.322. The molecule has 0 aromatic carbocycles. The molecule has 1 aliphatic heterocycles. The fourth-order valence-electron chi connectivity index (χ4n) is 1.94. The molecule has 80 valence electrons. The maximum Gasteiger partial charge on any atom is 0.0332 e. The van der Waals surface area contributed by atoms with E-state index in [1.165, 1.54) is 18.4 Å². The third-order valence-electron chi connectivity index (χ3n) is 2.82. The molecular formula is C10H17ClN2S. The highest BCUT2D eigenvalue weighted by Gasteiger charge is 2.21. The average molecular weight is 233 g/mol. The van der Waals surface area contributed by atoms with Crippen molar-refractivity contribution in [3.05, 3.63) is 22.4 Å². The van der Waals surface area contributed by atoms with E-state index in [0.717, 1.165) is 13.1 Å². The van der Waals surface area contributed by atoms with Crippen molar-refractivity contribution in [3.8, 4) is 0 Å². The summed E-state index contributed by atoms with van der Waals surface area (Å²) in [5.74, 6) is 0.677. The van der Waals surface area contributed by atoms with E-state index in [4.69, 9.17) is 5.73 Å². The molecule has 1 fully saturated rings. The van der Waals surface area contributed by atoms with Crippen LogP contribution in [-0.4, -0.2) is 13.1 Å². The van der Waals surface area contributed by atoms with Gasteiger partial charge in [0.2, 0.25) is 0 Å². The number of nitrogens with one attached hydrogen (secondary N) is 1. The Hall–Kier alpha value is -0.0900. The second-order valence-electron chi connectivity index (χ2n) is 3.67. The molecule has 1 aromatic heterocycles. The van der Waals surface area contributed by atoms with Crippen molar-refractivity contribution in [2.45, 2.75) is 18.9 Å². The number of hydrogen-bond acceptors (Lipinski definition) is 3. The largest absolute Gasteiger partial charge is 0.324 e. The van der Waals surface area contributed by atoms with Crippen molar-refractivity contribution in [1.29, 1.82) is 0 Å². The smallest absolute Gasteiger partial charge is 0.0332 e. The molecule has 0 saturated carbocycles. The van der Waals surface area contributed by atoms with Crippen LogP contribution in [0.2, 0.25) is 0 Å². The first kappa shape index (κ1) is 12.0. The quantitative estimate of drug-likeness (QED) is 0.820. The highest BCUT2D eigenvalue weighted by molar-refractivity contribution is 7.07. The third kappa shape index (κ3) is 2.70. The van der Waals surface area contributed by atoms with Gasteiger partial charge < -0.3 is 11.1 Å². The molecule has 3 N–H and O–H groups in total. The second-order valence-corrected chi connectivity index (χ2v) is 4.45. The molecule has 2 rings (SSSR count). The summed E-state index contributed by atoms with van der Waals surface area (Å²) in [6, 6.07) is 2.41. The summed E-state index contributed by atoms with van der Waals surface area (Å²) >= 11 is 1.74. The van der Waals surface area contributed by atoms with Crippen molar-refractivity contribution in [1.82, 2.24) is 5.32 Å². The predicted molar refractivity (Wildman–Crippen MR) is 64.1 cm³/mol. The Morgan fingerprint density at radius 3 is 2.71 bits per heavy atom. The summed E-state index contributed by atoms with van der Waals surface area (Å²) in [5.41, 5.74) is 7.51. The Bertz CT molecular complexity index is 245. The van der Waals surface area contributed by atoms with E-state index in [9.17, 15) is 0 Å². The zero-order valence-corrected chi connectivity index (χ0v) is 9.74. The van der Waals surface area contributed by atoms with Crippen molar-refractivity contribution < 1.29 is 0 Å². The van der Waals surface area contributed by atoms with Crippen LogP contribution in [0.4, 0.5) is 0 Å². The maximum absolute atomic E-state index is 6.19. The van der Waals surface area contributed by atoms with Crippen LogP contribution in [0.1, 0.15) is 24.4 Å². The minimum absolute atomic E-state index is 0. The molecule has 0 spiro atoms. The van der Waals surface area contributed by atoms with E-state index >= 15 is 0 Å². The van der Waals surface area contributed by atoms with Crippen LogP contribution in [-0.2, 0) is 0 Å². The van der Waals surface area contributed by atoms with Crippen LogP contribution in [0.3, 0.4) is 0 Å². The van der Waals surface area contributed by atoms with Crippen LogP contribution in [0.15, 0.2) is 16.8 Å². The van der Waals surface area contributed by atoms with Gasteiger partial charge in [-0.1, -0.05) is 0 Å². The standard InChI is InChI=1S/C10H16N2S.ClH/c11-10(9-3-6-13-7-9)8-1-4-12-5-2-8;/h3,6-8,10,12H,1-2,4-5,11H2;1H/t10-;/m1./s1. The van der Waals surface area contributed by atoms with E-state index in [-0.39, 0.29) is 18.4 Å². The van der Waals surface area contributed by atoms with Crippen molar-refractivity contribution in [2.24, 2.45) is 11.7 Å². The van der Waals surface area contributed by atoms with E-state index in [0.29, 0.717) is 5.92 Å². The Morgan fingerprint density at radius 2 is 2.14 bits per heavy atom. The van der Waals surface area contributed by atoms with Gasteiger partial charge >= 0.3 is 0 Å². The first-order valence-corrected chi connectivity index (χ1v) is 5.80. The molecule has 1 aromatic rings. The van der Waals surface area contributed by atoms with E-state index < -0.39 is 0 Å². The zero-order chi connectivity index (χ0) is 9.10. The van der Waals surface area contributed by atoms with Crippen LogP contribution in [0.5, 0.6) is 0 Å². The molecule has 1 aliphatic rings. The summed E-state index contributed by atoms with van der Waals surface area (Å²) in [7, 11) is 0. The van der Waals surface area contributed by atoms with Gasteiger partial charge in [-0.15, -0.1) is 12.4 Å². The molecule has 2 heterocycles. The van der Waals surface area contributed by atoms with E-state index in [1.54, 1.807) is 11.3 Å². The van der Waals surface area contributed by atoms with Gasteiger partial charge in [-0.2, -0.15) is 11.3 Å². The van der Waals surface area contributed by atoms with Crippen molar-refractivity contribution in [3.63, 3.8) is 0 Å². The molecule has 0 radical (unpaired) electrons. The van der Waals surface area contributed by atoms with Crippen LogP contribution < -0.4 is 11.1 Å². The summed E-state index contributed by atoms with van der Waals surface area (Å²) < 4.78 is 0. The lowest BCUT2D eigenvalue weighted by atomic mass is 9.88. The van der Waals surface area contributed by atoms with Crippen molar-refractivity contribution >= 4 is 23.7 Å². The first-order chi connectivity index (χ1) is 6.38. The predicted octanol–water partition coefficient (Wildman–Crippen LogP) is 2.17. The minimum atomic E-state index is 0. The number of hydrogen-bond donors (Lipinski definition) is 2. The maximum atomic E-state index is 6.19. The van der Waals surface area contributed by atoms with Gasteiger partial charge in [0.25, 0.3) is 0 Å². The van der Waals surface area contributed by atoms with E-state index in [1.807, 2.05) is 0 Å². The van der Waals surface area contributed by atoms with Gasteiger partial charge in [0.05, 0.1) is 0 Å². The molecule has 4 heteroatoms. The number of thiophene rings is 1. The molecule has 1 atom stereocenters. The third-order valence-corrected chi connectivity index (χ3v) is 3.52. The average Bonchev–Trinajstić information content (AvgIpc) is 2.71. The van der Waals surface area contributed by atoms with Crippen molar-refractivity contribution in [2.75, 3.05) is 13.1 Å². The molecule has 0 bridgehead atoms. The SMILES string of the molecule is Cl.N[C@@H](c1ccsc1)C1CCNCC1. The van der Waals surface area contributed by atoms with E-state index in [2.05, 4.69) is 22.1 Å². The molecular weight excluding hydrogens is 216 g/mol. The number of rotatable bonds is 2. The first-order valence-electron chi connectivity index (χ1n) is 4.86. The highest BCUT2D eigenvalue weighted by Crippen LogP contribution is 2.27. The minimum Gasteiger partial charge on any atom is -0.324 e. The van der Waals surface area contributed by atoms with Gasteiger partial charge in [-0.05, 0) is 54.2 Å². The Morgan fingerprint density at radius 1 is 1.43 bits per heavy atom. The van der Waals surface area contributed by atoms with Gasteiger partial charge in [0.1, 0.15) is 0 Å². The number of piperidine rings is 1. The molecule has 0 aliphatic carbocycles. The number of nitrogens with two attached hydrogens (primary N) is 1. The normalized spacial score (nSPS) is 20.1. The second kappa shape index (κ2) is 5.71. The summed E-state index contributed by atoms with van der Waals surface area (Å²) in [4.78, 5) is 0. The Labute approximate surface area is 95.3 Å². The highest BCUT2D eigenvalue weighted by atomic mass is 35.5. The van der Waals surface area contributed by atoms with Crippen LogP contribution >= 0.6 is 23.7 Å². The van der Waals surface area contributed by atoms with Crippen LogP contribution in [0.25, 0.3) is 0 Å².